The zero-order valence-corrected chi connectivity index (χ0v) is 12.7. The second-order valence-electron chi connectivity index (χ2n) is 4.44. The van der Waals surface area contributed by atoms with Crippen molar-refractivity contribution in [2.45, 2.75) is 25.3 Å². The Bertz CT molecular complexity index is 411. The normalized spacial score (nSPS) is 11.2. The zero-order valence-electron chi connectivity index (χ0n) is 11.2. The first-order chi connectivity index (χ1) is 9.10. The lowest BCUT2D eigenvalue weighted by Gasteiger charge is -2.29. The van der Waals surface area contributed by atoms with Crippen LogP contribution in [0.3, 0.4) is 0 Å². The molecule has 0 heterocycles. The Morgan fingerprint density at radius 1 is 1.32 bits per heavy atom. The summed E-state index contributed by atoms with van der Waals surface area (Å²) >= 11 is 11.8. The minimum Gasteiger partial charge on any atom is -0.496 e. The van der Waals surface area contributed by atoms with Gasteiger partial charge in [-0.25, -0.2) is 0 Å². The SMILES string of the molecule is CCC(CCl)(CCl)NC(=O)Cc1ccccc1OC. The lowest BCUT2D eigenvalue weighted by molar-refractivity contribution is -0.122. The highest BCUT2D eigenvalue weighted by molar-refractivity contribution is 6.22. The monoisotopic (exact) mass is 303 g/mol. The van der Waals surface area contributed by atoms with Gasteiger partial charge in [0.25, 0.3) is 0 Å². The fraction of sp³-hybridized carbons (Fsp3) is 0.500. The van der Waals surface area contributed by atoms with Crippen LogP contribution in [-0.2, 0) is 11.2 Å². The summed E-state index contributed by atoms with van der Waals surface area (Å²) in [6.45, 7) is 1.95. The van der Waals surface area contributed by atoms with Crippen LogP contribution >= 0.6 is 23.2 Å². The van der Waals surface area contributed by atoms with Gasteiger partial charge in [-0.15, -0.1) is 23.2 Å². The van der Waals surface area contributed by atoms with Gasteiger partial charge in [-0.3, -0.25) is 4.79 Å². The maximum absolute atomic E-state index is 12.1. The molecule has 0 radical (unpaired) electrons. The summed E-state index contributed by atoms with van der Waals surface area (Å²) in [7, 11) is 1.59. The van der Waals surface area contributed by atoms with Gasteiger partial charge in [0, 0.05) is 17.3 Å². The van der Waals surface area contributed by atoms with Crippen molar-refractivity contribution in [1.82, 2.24) is 5.32 Å². The molecule has 0 aliphatic heterocycles. The molecule has 0 saturated carbocycles. The van der Waals surface area contributed by atoms with E-state index in [1.807, 2.05) is 31.2 Å². The van der Waals surface area contributed by atoms with E-state index in [1.54, 1.807) is 7.11 Å². The van der Waals surface area contributed by atoms with Gasteiger partial charge in [0.2, 0.25) is 5.91 Å². The summed E-state index contributed by atoms with van der Waals surface area (Å²) in [5, 5.41) is 2.92. The van der Waals surface area contributed by atoms with Crippen molar-refractivity contribution < 1.29 is 9.53 Å². The van der Waals surface area contributed by atoms with Crippen LogP contribution in [0.5, 0.6) is 5.75 Å². The molecule has 1 N–H and O–H groups in total. The Morgan fingerprint density at radius 3 is 2.47 bits per heavy atom. The Labute approximate surface area is 124 Å². The molecular formula is C14H19Cl2NO2. The molecule has 0 unspecified atom stereocenters. The summed E-state index contributed by atoms with van der Waals surface area (Å²) in [5.41, 5.74) is 0.305. The summed E-state index contributed by atoms with van der Waals surface area (Å²) in [4.78, 5) is 12.1. The van der Waals surface area contributed by atoms with E-state index in [2.05, 4.69) is 5.32 Å². The highest BCUT2D eigenvalue weighted by Gasteiger charge is 2.28. The van der Waals surface area contributed by atoms with Gasteiger partial charge in [0.1, 0.15) is 5.75 Å². The number of rotatable bonds is 7. The molecule has 0 spiro atoms. The zero-order chi connectivity index (χ0) is 14.3. The molecule has 1 aromatic rings. The Kier molecular flexibility index (Phi) is 6.46. The number of hydrogen-bond donors (Lipinski definition) is 1. The van der Waals surface area contributed by atoms with Gasteiger partial charge in [-0.2, -0.15) is 0 Å². The van der Waals surface area contributed by atoms with Crippen molar-refractivity contribution in [1.29, 1.82) is 0 Å². The molecule has 0 aliphatic carbocycles. The Hall–Kier alpha value is -0.930. The Morgan fingerprint density at radius 2 is 1.95 bits per heavy atom. The first-order valence-corrected chi connectivity index (χ1v) is 7.22. The van der Waals surface area contributed by atoms with Crippen molar-refractivity contribution in [3.63, 3.8) is 0 Å². The number of carbonyl (C=O) groups is 1. The van der Waals surface area contributed by atoms with E-state index in [4.69, 9.17) is 27.9 Å². The molecule has 0 aliphatic rings. The molecule has 1 rings (SSSR count). The molecule has 0 aromatic heterocycles. The number of nitrogens with one attached hydrogen (secondary N) is 1. The molecule has 0 bridgehead atoms. The molecule has 0 fully saturated rings. The number of ether oxygens (including phenoxy) is 1. The predicted molar refractivity (Wildman–Crippen MR) is 79.3 cm³/mol. The van der Waals surface area contributed by atoms with E-state index in [1.165, 1.54) is 0 Å². The van der Waals surface area contributed by atoms with Gasteiger partial charge >= 0.3 is 0 Å². The number of halogens is 2. The largest absolute Gasteiger partial charge is 0.496 e. The first kappa shape index (κ1) is 16.1. The highest BCUT2D eigenvalue weighted by atomic mass is 35.5. The molecule has 0 saturated heterocycles. The molecule has 19 heavy (non-hydrogen) atoms. The number of hydrogen-bond acceptors (Lipinski definition) is 2. The number of carbonyl (C=O) groups excluding carboxylic acids is 1. The highest BCUT2D eigenvalue weighted by Crippen LogP contribution is 2.19. The third-order valence-corrected chi connectivity index (χ3v) is 4.16. The van der Waals surface area contributed by atoms with Crippen molar-refractivity contribution in [3.05, 3.63) is 29.8 Å². The quantitative estimate of drug-likeness (QED) is 0.787. The van der Waals surface area contributed by atoms with Crippen LogP contribution < -0.4 is 10.1 Å². The van der Waals surface area contributed by atoms with Crippen LogP contribution in [-0.4, -0.2) is 30.3 Å². The van der Waals surface area contributed by atoms with Gasteiger partial charge < -0.3 is 10.1 Å². The van der Waals surface area contributed by atoms with Crippen molar-refractivity contribution in [2.24, 2.45) is 0 Å². The molecule has 1 amide bonds. The third kappa shape index (κ3) is 4.29. The second-order valence-corrected chi connectivity index (χ2v) is 4.97. The second kappa shape index (κ2) is 7.61. The average Bonchev–Trinajstić information content (AvgIpc) is 2.45. The van der Waals surface area contributed by atoms with E-state index in [0.29, 0.717) is 23.9 Å². The van der Waals surface area contributed by atoms with Crippen LogP contribution in [0.1, 0.15) is 18.9 Å². The summed E-state index contributed by atoms with van der Waals surface area (Å²) in [5.74, 6) is 1.19. The van der Waals surface area contributed by atoms with Gasteiger partial charge in [0.05, 0.1) is 19.1 Å². The van der Waals surface area contributed by atoms with Crippen LogP contribution in [0.15, 0.2) is 24.3 Å². The Balaban J connectivity index is 2.74. The summed E-state index contributed by atoms with van der Waals surface area (Å²) in [6, 6.07) is 7.45. The average molecular weight is 304 g/mol. The summed E-state index contributed by atoms with van der Waals surface area (Å²) in [6.07, 6.45) is 0.942. The number of alkyl halides is 2. The lowest BCUT2D eigenvalue weighted by atomic mass is 10.0. The van der Waals surface area contributed by atoms with Crippen molar-refractivity contribution in [2.75, 3.05) is 18.9 Å². The van der Waals surface area contributed by atoms with Gasteiger partial charge in [-0.1, -0.05) is 25.1 Å². The van der Waals surface area contributed by atoms with E-state index in [0.717, 1.165) is 5.56 Å². The van der Waals surface area contributed by atoms with E-state index < -0.39 is 5.54 Å². The minimum atomic E-state index is -0.539. The smallest absolute Gasteiger partial charge is 0.225 e. The molecular weight excluding hydrogens is 285 g/mol. The number of methoxy groups -OCH3 is 1. The van der Waals surface area contributed by atoms with Crippen LogP contribution in [0.2, 0.25) is 0 Å². The van der Waals surface area contributed by atoms with Crippen molar-refractivity contribution in [3.8, 4) is 5.75 Å². The number of amides is 1. The molecule has 1 aromatic carbocycles. The van der Waals surface area contributed by atoms with Crippen molar-refractivity contribution >= 4 is 29.1 Å². The molecule has 106 valence electrons. The maximum atomic E-state index is 12.1. The molecule has 3 nitrogen and oxygen atoms in total. The predicted octanol–water partition coefficient (Wildman–Crippen LogP) is 2.98. The number of para-hydroxylation sites is 1. The lowest BCUT2D eigenvalue weighted by Crippen LogP contribution is -2.51. The first-order valence-electron chi connectivity index (χ1n) is 6.15. The maximum Gasteiger partial charge on any atom is 0.225 e. The molecule has 0 atom stereocenters. The van der Waals surface area contributed by atoms with Gasteiger partial charge in [-0.05, 0) is 12.5 Å². The van der Waals surface area contributed by atoms with Crippen LogP contribution in [0.4, 0.5) is 0 Å². The van der Waals surface area contributed by atoms with Gasteiger partial charge in [0.15, 0.2) is 0 Å². The number of benzene rings is 1. The fourth-order valence-corrected chi connectivity index (χ4v) is 2.54. The molecule has 5 heteroatoms. The van der Waals surface area contributed by atoms with E-state index in [9.17, 15) is 4.79 Å². The van der Waals surface area contributed by atoms with Crippen LogP contribution in [0.25, 0.3) is 0 Å². The topological polar surface area (TPSA) is 38.3 Å². The third-order valence-electron chi connectivity index (χ3n) is 3.14. The fourth-order valence-electron chi connectivity index (χ4n) is 1.74. The van der Waals surface area contributed by atoms with E-state index in [-0.39, 0.29) is 12.3 Å². The minimum absolute atomic E-state index is 0.104. The summed E-state index contributed by atoms with van der Waals surface area (Å²) < 4.78 is 5.22. The van der Waals surface area contributed by atoms with E-state index >= 15 is 0 Å². The standard InChI is InChI=1S/C14H19Cl2NO2/c1-3-14(9-15,10-16)17-13(18)8-11-6-4-5-7-12(11)19-2/h4-7H,3,8-10H2,1-2H3,(H,17,18). The van der Waals surface area contributed by atoms with Crippen LogP contribution in [0, 0.1) is 0 Å².